The van der Waals surface area contributed by atoms with Crippen molar-refractivity contribution in [2.45, 2.75) is 37.3 Å². The van der Waals surface area contributed by atoms with Crippen LogP contribution in [0.25, 0.3) is 11.1 Å². The summed E-state index contributed by atoms with van der Waals surface area (Å²) < 4.78 is 87.1. The van der Waals surface area contributed by atoms with E-state index in [0.717, 1.165) is 12.3 Å². The van der Waals surface area contributed by atoms with Crippen LogP contribution in [-0.4, -0.2) is 46.6 Å². The molecule has 3 atom stereocenters. The molecular weight excluding hydrogens is 596 g/mol. The minimum absolute atomic E-state index is 0.0173. The molecule has 1 aromatic heterocycles. The molecule has 224 valence electrons. The van der Waals surface area contributed by atoms with Gasteiger partial charge in [-0.15, -0.1) is 0 Å². The van der Waals surface area contributed by atoms with Crippen molar-refractivity contribution in [3.63, 3.8) is 0 Å². The molecule has 0 bridgehead atoms. The van der Waals surface area contributed by atoms with Crippen molar-refractivity contribution in [2.75, 3.05) is 11.9 Å². The minimum Gasteiger partial charge on any atom is -0.491 e. The van der Waals surface area contributed by atoms with E-state index >= 15 is 0 Å². The largest absolute Gasteiger partial charge is 0.491 e. The number of nitrogens with zero attached hydrogens (tertiary/aromatic N) is 1. The van der Waals surface area contributed by atoms with Crippen LogP contribution < -0.4 is 21.3 Å². The highest BCUT2D eigenvalue weighted by Crippen LogP contribution is 2.40. The zero-order valence-corrected chi connectivity index (χ0v) is 22.1. The molecule has 2 heterocycles. The van der Waals surface area contributed by atoms with Gasteiger partial charge in [0.15, 0.2) is 6.10 Å². The minimum atomic E-state index is -5.17. The third kappa shape index (κ3) is 6.87. The second-order valence-corrected chi connectivity index (χ2v) is 10.0. The number of ether oxygens (including phenoxy) is 1. The third-order valence-electron chi connectivity index (χ3n) is 6.68. The topological polar surface area (TPSA) is 124 Å². The molecule has 0 saturated heterocycles. The smallest absolute Gasteiger partial charge is 0.414 e. The number of aromatic nitrogens is 1. The van der Waals surface area contributed by atoms with Crippen LogP contribution in [0.1, 0.15) is 28.4 Å². The van der Waals surface area contributed by atoms with Gasteiger partial charge in [-0.25, -0.2) is 0 Å². The van der Waals surface area contributed by atoms with Crippen molar-refractivity contribution < 1.29 is 45.8 Å². The molecule has 0 unspecified atom stereocenters. The number of aliphatic hydroxyl groups is 1. The summed E-state index contributed by atoms with van der Waals surface area (Å²) in [5.41, 5.74) is 4.61. The monoisotopic (exact) mass is 617 g/mol. The number of carbonyl (C=O) groups is 2. The highest BCUT2D eigenvalue weighted by molar-refractivity contribution is 6.30. The Balaban J connectivity index is 1.80. The number of fused-ring (bicyclic) bond motifs is 3. The lowest BCUT2D eigenvalue weighted by Crippen LogP contribution is -2.39. The number of carbonyl (C=O) groups excluding carboxylic acids is 2. The summed E-state index contributed by atoms with van der Waals surface area (Å²) in [6.07, 6.45) is -13.9. The lowest BCUT2D eigenvalue weighted by molar-refractivity contribution is -0.207. The average Bonchev–Trinajstić information content (AvgIpc) is 2.88. The van der Waals surface area contributed by atoms with E-state index in [4.69, 9.17) is 22.1 Å². The predicted molar refractivity (Wildman–Crippen MR) is 139 cm³/mol. The SMILES string of the molecule is NC(=O)c1ccc(NC(=O)[C@H](C[C@@H](O)C(F)(F)F)n2cc3c(cc2=O)-c2cc(Cl)ccc2C[C@@H](C(F)(F)F)CO3)cc1. The van der Waals surface area contributed by atoms with Crippen LogP contribution in [0.5, 0.6) is 5.75 Å². The number of nitrogens with two attached hydrogens (primary N) is 1. The number of hydrogen-bond donors (Lipinski definition) is 3. The quantitative estimate of drug-likeness (QED) is 0.341. The van der Waals surface area contributed by atoms with Crippen LogP contribution in [0, 0.1) is 5.92 Å². The molecule has 2 aromatic carbocycles. The standard InChI is InChI=1S/C27H22ClF6N3O5/c28-16-4-1-14-7-15(26(29,30)31)12-42-21-11-37(23(39)9-19(21)18(14)8-16)20(10-22(38)27(32,33)34)25(41)36-17-5-2-13(3-6-17)24(35)40/h1-6,8-9,11,15,20,22,38H,7,10,12H2,(H2,35,40)(H,36,41)/t15-,20+,22-/m1/s1. The Hall–Kier alpha value is -4.04. The van der Waals surface area contributed by atoms with Crippen molar-refractivity contribution in [2.24, 2.45) is 11.7 Å². The summed E-state index contributed by atoms with van der Waals surface area (Å²) in [7, 11) is 0. The highest BCUT2D eigenvalue weighted by Gasteiger charge is 2.43. The number of hydrogen-bond acceptors (Lipinski definition) is 5. The van der Waals surface area contributed by atoms with Gasteiger partial charge in [0.1, 0.15) is 18.4 Å². The molecule has 0 fully saturated rings. The predicted octanol–water partition coefficient (Wildman–Crippen LogP) is 4.87. The molecular formula is C27H22ClF6N3O5. The lowest BCUT2D eigenvalue weighted by atomic mass is 9.91. The molecule has 4 rings (SSSR count). The molecule has 42 heavy (non-hydrogen) atoms. The van der Waals surface area contributed by atoms with Crippen LogP contribution >= 0.6 is 11.6 Å². The molecule has 3 aromatic rings. The summed E-state index contributed by atoms with van der Waals surface area (Å²) in [4.78, 5) is 37.8. The summed E-state index contributed by atoms with van der Waals surface area (Å²) >= 11 is 6.07. The number of halogens is 7. The summed E-state index contributed by atoms with van der Waals surface area (Å²) in [5.74, 6) is -4.24. The Morgan fingerprint density at radius 1 is 1.07 bits per heavy atom. The van der Waals surface area contributed by atoms with Gasteiger partial charge in [0.25, 0.3) is 5.56 Å². The lowest BCUT2D eigenvalue weighted by Gasteiger charge is -2.28. The number of rotatable bonds is 6. The molecule has 0 aliphatic carbocycles. The number of amides is 2. The molecule has 0 saturated carbocycles. The summed E-state index contributed by atoms with van der Waals surface area (Å²) in [6.45, 7) is -0.884. The molecule has 1 aliphatic heterocycles. The molecule has 8 nitrogen and oxygen atoms in total. The fraction of sp³-hybridized carbons (Fsp3) is 0.296. The van der Waals surface area contributed by atoms with Gasteiger partial charge in [-0.05, 0) is 53.9 Å². The second-order valence-electron chi connectivity index (χ2n) is 9.59. The fourth-order valence-electron chi connectivity index (χ4n) is 4.44. The third-order valence-corrected chi connectivity index (χ3v) is 6.91. The van der Waals surface area contributed by atoms with Crippen LogP contribution in [0.4, 0.5) is 32.0 Å². The van der Waals surface area contributed by atoms with Crippen LogP contribution in [0.3, 0.4) is 0 Å². The Morgan fingerprint density at radius 3 is 2.33 bits per heavy atom. The van der Waals surface area contributed by atoms with E-state index in [1.54, 1.807) is 0 Å². The second kappa shape index (κ2) is 11.7. The maximum Gasteiger partial charge on any atom is 0.414 e. The van der Waals surface area contributed by atoms with E-state index in [1.165, 1.54) is 42.5 Å². The number of nitrogens with one attached hydrogen (secondary N) is 1. The van der Waals surface area contributed by atoms with Gasteiger partial charge in [-0.3, -0.25) is 19.0 Å². The van der Waals surface area contributed by atoms with Gasteiger partial charge < -0.3 is 20.9 Å². The zero-order chi connectivity index (χ0) is 31.0. The van der Waals surface area contributed by atoms with Crippen LogP contribution in [-0.2, 0) is 11.2 Å². The van der Waals surface area contributed by atoms with E-state index in [-0.39, 0.29) is 38.7 Å². The van der Waals surface area contributed by atoms with Gasteiger partial charge in [0.2, 0.25) is 11.8 Å². The van der Waals surface area contributed by atoms with Gasteiger partial charge in [-0.1, -0.05) is 17.7 Å². The Kier molecular flexibility index (Phi) is 8.60. The first-order valence-electron chi connectivity index (χ1n) is 12.2. The molecule has 2 amide bonds. The van der Waals surface area contributed by atoms with Crippen molar-refractivity contribution in [3.8, 4) is 16.9 Å². The normalized spacial score (nSPS) is 16.6. The maximum atomic E-state index is 13.7. The number of aliphatic hydroxyl groups excluding tert-OH is 1. The van der Waals surface area contributed by atoms with Gasteiger partial charge in [0, 0.05) is 34.3 Å². The maximum absolute atomic E-state index is 13.7. The zero-order valence-electron chi connectivity index (χ0n) is 21.3. The average molecular weight is 618 g/mol. The molecule has 0 spiro atoms. The summed E-state index contributed by atoms with van der Waals surface area (Å²) in [6, 6.07) is 7.95. The van der Waals surface area contributed by atoms with Crippen LogP contribution in [0.2, 0.25) is 5.02 Å². The fourth-order valence-corrected chi connectivity index (χ4v) is 4.61. The number of benzene rings is 2. The van der Waals surface area contributed by atoms with Gasteiger partial charge in [0.05, 0.1) is 12.1 Å². The Labute approximate surface area is 238 Å². The highest BCUT2D eigenvalue weighted by atomic mass is 35.5. The van der Waals surface area contributed by atoms with Crippen molar-refractivity contribution in [1.82, 2.24) is 4.57 Å². The number of anilines is 1. The Morgan fingerprint density at radius 2 is 1.74 bits per heavy atom. The van der Waals surface area contributed by atoms with E-state index < -0.39 is 67.2 Å². The van der Waals surface area contributed by atoms with Crippen molar-refractivity contribution >= 4 is 29.1 Å². The Bertz CT molecular complexity index is 1560. The van der Waals surface area contributed by atoms with E-state index in [0.29, 0.717) is 4.57 Å². The molecule has 1 aliphatic rings. The van der Waals surface area contributed by atoms with E-state index in [2.05, 4.69) is 5.32 Å². The van der Waals surface area contributed by atoms with E-state index in [9.17, 15) is 45.8 Å². The number of pyridine rings is 1. The number of primary amides is 1. The first-order chi connectivity index (χ1) is 19.5. The van der Waals surface area contributed by atoms with Gasteiger partial charge in [-0.2, -0.15) is 26.3 Å². The molecule has 4 N–H and O–H groups in total. The first-order valence-corrected chi connectivity index (χ1v) is 12.6. The number of alkyl halides is 6. The van der Waals surface area contributed by atoms with Crippen molar-refractivity contribution in [1.29, 1.82) is 0 Å². The van der Waals surface area contributed by atoms with Crippen LogP contribution in [0.15, 0.2) is 59.5 Å². The first kappa shape index (κ1) is 30.9. The molecule has 15 heteroatoms. The molecule has 0 radical (unpaired) electrons. The van der Waals surface area contributed by atoms with Gasteiger partial charge >= 0.3 is 12.4 Å². The summed E-state index contributed by atoms with van der Waals surface area (Å²) in [5, 5.41) is 12.2. The van der Waals surface area contributed by atoms with E-state index in [1.807, 2.05) is 0 Å². The van der Waals surface area contributed by atoms with Crippen molar-refractivity contribution in [3.05, 3.63) is 81.2 Å².